The summed E-state index contributed by atoms with van der Waals surface area (Å²) >= 11 is 0. The van der Waals surface area contributed by atoms with Gasteiger partial charge in [-0.3, -0.25) is 9.69 Å². The average molecular weight is 326 g/mol. The first-order valence-corrected chi connectivity index (χ1v) is 9.50. The maximum Gasteiger partial charge on any atom is 0.237 e. The Hall–Kier alpha value is -1.61. The molecule has 3 nitrogen and oxygen atoms in total. The van der Waals surface area contributed by atoms with Crippen molar-refractivity contribution >= 4 is 11.5 Å². The van der Waals surface area contributed by atoms with E-state index in [4.69, 9.17) is 0 Å². The molecule has 1 aliphatic carbocycles. The largest absolute Gasteiger partial charge is 0.354 e. The van der Waals surface area contributed by atoms with Crippen molar-refractivity contribution in [2.75, 3.05) is 19.6 Å². The van der Waals surface area contributed by atoms with Crippen LogP contribution in [0.5, 0.6) is 0 Å². The highest BCUT2D eigenvalue weighted by Gasteiger charge is 2.24. The molecule has 3 heteroatoms. The van der Waals surface area contributed by atoms with E-state index >= 15 is 0 Å². The Bertz CT molecular complexity index is 560. The number of carbonyl (C=O) groups excluding carboxylic acids is 1. The van der Waals surface area contributed by atoms with Crippen LogP contribution in [0, 0.1) is 5.92 Å². The van der Waals surface area contributed by atoms with Gasteiger partial charge in [-0.15, -0.1) is 0 Å². The van der Waals surface area contributed by atoms with Crippen molar-refractivity contribution in [2.24, 2.45) is 5.92 Å². The molecule has 2 aliphatic rings. The van der Waals surface area contributed by atoms with Crippen LogP contribution >= 0.6 is 0 Å². The van der Waals surface area contributed by atoms with E-state index in [9.17, 15) is 4.79 Å². The summed E-state index contributed by atoms with van der Waals surface area (Å²) in [6.07, 6.45) is 9.88. The summed E-state index contributed by atoms with van der Waals surface area (Å²) in [5.41, 5.74) is 2.72. The van der Waals surface area contributed by atoms with Crippen molar-refractivity contribution in [3.8, 4) is 0 Å². The van der Waals surface area contributed by atoms with E-state index in [0.717, 1.165) is 26.1 Å². The number of hydrogen-bond donors (Lipinski definition) is 1. The van der Waals surface area contributed by atoms with Crippen LogP contribution < -0.4 is 5.32 Å². The molecule has 1 fully saturated rings. The van der Waals surface area contributed by atoms with Gasteiger partial charge in [0.05, 0.1) is 6.04 Å². The van der Waals surface area contributed by atoms with Crippen LogP contribution in [-0.4, -0.2) is 36.5 Å². The third kappa shape index (κ3) is 4.47. The maximum absolute atomic E-state index is 12.5. The molecule has 0 spiro atoms. The van der Waals surface area contributed by atoms with Gasteiger partial charge >= 0.3 is 0 Å². The van der Waals surface area contributed by atoms with Crippen molar-refractivity contribution in [2.45, 2.75) is 51.5 Å². The Morgan fingerprint density at radius 2 is 1.96 bits per heavy atom. The first-order chi connectivity index (χ1) is 11.7. The van der Waals surface area contributed by atoms with Crippen LogP contribution in [0.25, 0.3) is 5.57 Å². The van der Waals surface area contributed by atoms with E-state index in [1.54, 1.807) is 0 Å². The van der Waals surface area contributed by atoms with Crippen LogP contribution in [0.3, 0.4) is 0 Å². The number of amides is 1. The standard InChI is InChI=1S/C21H30N2O/c1-17(21(24)22-16-18-8-4-2-5-9-18)23-14-12-20(13-15-23)19-10-6-3-7-11-19/h3,6-7,10-12,17-18H,2,4-5,8-9,13-16H2,1H3,(H,22,24)/t17-/m0/s1. The molecule has 0 radical (unpaired) electrons. The third-order valence-electron chi connectivity index (χ3n) is 5.60. The molecule has 1 N–H and O–H groups in total. The zero-order valence-electron chi connectivity index (χ0n) is 14.8. The van der Waals surface area contributed by atoms with E-state index in [1.165, 1.54) is 43.2 Å². The number of nitrogens with zero attached hydrogens (tertiary/aromatic N) is 1. The van der Waals surface area contributed by atoms with Gasteiger partial charge in [-0.25, -0.2) is 0 Å². The molecule has 3 rings (SSSR count). The Morgan fingerprint density at radius 1 is 1.21 bits per heavy atom. The normalized spacial score (nSPS) is 21.1. The number of hydrogen-bond acceptors (Lipinski definition) is 2. The molecule has 1 heterocycles. The highest BCUT2D eigenvalue weighted by atomic mass is 16.2. The van der Waals surface area contributed by atoms with Crippen molar-refractivity contribution < 1.29 is 4.79 Å². The molecule has 1 aromatic rings. The van der Waals surface area contributed by atoms with E-state index in [1.807, 2.05) is 6.92 Å². The zero-order valence-corrected chi connectivity index (χ0v) is 14.8. The maximum atomic E-state index is 12.5. The van der Waals surface area contributed by atoms with E-state index in [-0.39, 0.29) is 11.9 Å². The minimum absolute atomic E-state index is 0.0397. The summed E-state index contributed by atoms with van der Waals surface area (Å²) in [5.74, 6) is 0.887. The second kappa shape index (κ2) is 8.48. The van der Waals surface area contributed by atoms with E-state index < -0.39 is 0 Å². The Morgan fingerprint density at radius 3 is 2.62 bits per heavy atom. The smallest absolute Gasteiger partial charge is 0.237 e. The monoisotopic (exact) mass is 326 g/mol. The molecule has 1 atom stereocenters. The molecule has 0 bridgehead atoms. The third-order valence-corrected chi connectivity index (χ3v) is 5.60. The molecule has 0 saturated heterocycles. The molecule has 1 amide bonds. The molecule has 0 unspecified atom stereocenters. The van der Waals surface area contributed by atoms with Gasteiger partial charge < -0.3 is 5.32 Å². The summed E-state index contributed by atoms with van der Waals surface area (Å²) in [6.45, 7) is 4.72. The molecular formula is C21H30N2O. The van der Waals surface area contributed by atoms with Crippen molar-refractivity contribution in [1.29, 1.82) is 0 Å². The van der Waals surface area contributed by atoms with Gasteiger partial charge in [-0.1, -0.05) is 55.7 Å². The van der Waals surface area contributed by atoms with Crippen molar-refractivity contribution in [3.05, 3.63) is 42.0 Å². The first-order valence-electron chi connectivity index (χ1n) is 9.50. The van der Waals surface area contributed by atoms with Crippen molar-refractivity contribution in [1.82, 2.24) is 10.2 Å². The number of nitrogens with one attached hydrogen (secondary N) is 1. The molecule has 130 valence electrons. The minimum Gasteiger partial charge on any atom is -0.354 e. The SMILES string of the molecule is C[C@@H](C(=O)NCC1CCCCC1)N1CC=C(c2ccccc2)CC1. The van der Waals surface area contributed by atoms with Gasteiger partial charge in [0.1, 0.15) is 0 Å². The molecule has 0 aromatic heterocycles. The number of benzene rings is 1. The van der Waals surface area contributed by atoms with Gasteiger partial charge in [0.15, 0.2) is 0 Å². The Balaban J connectivity index is 1.48. The van der Waals surface area contributed by atoms with E-state index in [2.05, 4.69) is 46.6 Å². The summed E-state index contributed by atoms with van der Waals surface area (Å²) in [5, 5.41) is 3.19. The lowest BCUT2D eigenvalue weighted by atomic mass is 9.89. The lowest BCUT2D eigenvalue weighted by molar-refractivity contribution is -0.126. The fourth-order valence-corrected chi connectivity index (χ4v) is 3.90. The predicted octanol–water partition coefficient (Wildman–Crippen LogP) is 3.86. The minimum atomic E-state index is -0.0397. The summed E-state index contributed by atoms with van der Waals surface area (Å²) in [6, 6.07) is 10.5. The van der Waals surface area contributed by atoms with Crippen LogP contribution in [0.2, 0.25) is 0 Å². The van der Waals surface area contributed by atoms with Gasteiger partial charge in [-0.05, 0) is 43.2 Å². The average Bonchev–Trinajstić information content (AvgIpc) is 2.67. The molecular weight excluding hydrogens is 296 g/mol. The van der Waals surface area contributed by atoms with Gasteiger partial charge in [0, 0.05) is 19.6 Å². The van der Waals surface area contributed by atoms with Gasteiger partial charge in [0.25, 0.3) is 0 Å². The van der Waals surface area contributed by atoms with Crippen LogP contribution in [-0.2, 0) is 4.79 Å². The van der Waals surface area contributed by atoms with Crippen molar-refractivity contribution in [3.63, 3.8) is 0 Å². The Kier molecular flexibility index (Phi) is 6.08. The lowest BCUT2D eigenvalue weighted by Gasteiger charge is -2.31. The molecule has 24 heavy (non-hydrogen) atoms. The van der Waals surface area contributed by atoms with Crippen LogP contribution in [0.4, 0.5) is 0 Å². The Labute approximate surface area is 146 Å². The number of rotatable bonds is 5. The topological polar surface area (TPSA) is 32.3 Å². The number of carbonyl (C=O) groups is 1. The highest BCUT2D eigenvalue weighted by Crippen LogP contribution is 2.24. The summed E-state index contributed by atoms with van der Waals surface area (Å²) < 4.78 is 0. The zero-order chi connectivity index (χ0) is 16.8. The fraction of sp³-hybridized carbons (Fsp3) is 0.571. The summed E-state index contributed by atoms with van der Waals surface area (Å²) in [4.78, 5) is 14.7. The highest BCUT2D eigenvalue weighted by molar-refractivity contribution is 5.81. The quantitative estimate of drug-likeness (QED) is 0.891. The molecule has 1 aliphatic heterocycles. The summed E-state index contributed by atoms with van der Waals surface area (Å²) in [7, 11) is 0. The molecule has 1 saturated carbocycles. The second-order valence-corrected chi connectivity index (χ2v) is 7.27. The van der Waals surface area contributed by atoms with Crippen LogP contribution in [0.1, 0.15) is 51.0 Å². The molecule has 1 aromatic carbocycles. The second-order valence-electron chi connectivity index (χ2n) is 7.27. The van der Waals surface area contributed by atoms with E-state index in [0.29, 0.717) is 5.92 Å². The van der Waals surface area contributed by atoms with Gasteiger partial charge in [0.2, 0.25) is 5.91 Å². The van der Waals surface area contributed by atoms with Crippen LogP contribution in [0.15, 0.2) is 36.4 Å². The fourth-order valence-electron chi connectivity index (χ4n) is 3.90. The predicted molar refractivity (Wildman–Crippen MR) is 99.7 cm³/mol. The van der Waals surface area contributed by atoms with Gasteiger partial charge in [-0.2, -0.15) is 0 Å². The lowest BCUT2D eigenvalue weighted by Crippen LogP contribution is -2.47. The first kappa shape index (κ1) is 17.2.